The maximum Gasteiger partial charge on any atom is 0.0897 e. The molecule has 0 saturated heterocycles. The highest BCUT2D eigenvalue weighted by Gasteiger charge is 2.13. The summed E-state index contributed by atoms with van der Waals surface area (Å²) in [5, 5.41) is 6.94. The van der Waals surface area contributed by atoms with Gasteiger partial charge in [-0.2, -0.15) is 0 Å². The third kappa shape index (κ3) is 4.15. The van der Waals surface area contributed by atoms with Crippen LogP contribution >= 0.6 is 11.3 Å². The molecule has 0 aliphatic rings. The zero-order valence-electron chi connectivity index (χ0n) is 11.9. The van der Waals surface area contributed by atoms with E-state index in [1.807, 2.05) is 0 Å². The molecule has 0 radical (unpaired) electrons. The van der Waals surface area contributed by atoms with Crippen molar-refractivity contribution in [3.8, 4) is 0 Å². The quantitative estimate of drug-likeness (QED) is 0.860. The summed E-state index contributed by atoms with van der Waals surface area (Å²) in [5.41, 5.74) is 3.85. The van der Waals surface area contributed by atoms with Gasteiger partial charge in [-0.15, -0.1) is 11.3 Å². The number of nitrogens with zero attached hydrogens (tertiary/aromatic N) is 1. The Hall–Kier alpha value is -1.19. The Morgan fingerprint density at radius 3 is 2.53 bits per heavy atom. The Balaban J connectivity index is 2.13. The molecule has 0 bridgehead atoms. The Bertz CT molecular complexity index is 502. The zero-order valence-corrected chi connectivity index (χ0v) is 12.8. The molecule has 1 unspecified atom stereocenters. The molecule has 0 amide bonds. The normalized spacial score (nSPS) is 12.6. The van der Waals surface area contributed by atoms with E-state index in [4.69, 9.17) is 0 Å². The summed E-state index contributed by atoms with van der Waals surface area (Å²) in [5.74, 6) is 0. The molecule has 19 heavy (non-hydrogen) atoms. The number of nitrogens with one attached hydrogen (secondary N) is 1. The summed E-state index contributed by atoms with van der Waals surface area (Å²) in [6.07, 6.45) is 2.12. The highest BCUT2D eigenvalue weighted by atomic mass is 32.1. The van der Waals surface area contributed by atoms with E-state index in [1.165, 1.54) is 16.8 Å². The fraction of sp³-hybridized carbons (Fsp3) is 0.438. The number of benzene rings is 1. The zero-order chi connectivity index (χ0) is 13.7. The van der Waals surface area contributed by atoms with Gasteiger partial charge in [-0.1, -0.05) is 36.8 Å². The minimum atomic E-state index is 0.363. The first kappa shape index (κ1) is 14.2. The van der Waals surface area contributed by atoms with Crippen molar-refractivity contribution in [2.24, 2.45) is 0 Å². The summed E-state index contributed by atoms with van der Waals surface area (Å²) in [4.78, 5) is 4.58. The maximum absolute atomic E-state index is 4.58. The Morgan fingerprint density at radius 2 is 1.95 bits per heavy atom. The largest absolute Gasteiger partial charge is 0.310 e. The molecule has 102 valence electrons. The average molecular weight is 274 g/mol. The fourth-order valence-electron chi connectivity index (χ4n) is 2.14. The second-order valence-electron chi connectivity index (χ2n) is 4.98. The van der Waals surface area contributed by atoms with E-state index in [1.54, 1.807) is 11.3 Å². The van der Waals surface area contributed by atoms with Gasteiger partial charge in [0.25, 0.3) is 0 Å². The van der Waals surface area contributed by atoms with Gasteiger partial charge in [0.05, 0.1) is 10.7 Å². The van der Waals surface area contributed by atoms with Crippen molar-refractivity contribution in [2.75, 3.05) is 6.54 Å². The first-order chi connectivity index (χ1) is 9.19. The average Bonchev–Trinajstić information content (AvgIpc) is 2.81. The van der Waals surface area contributed by atoms with Crippen molar-refractivity contribution >= 4 is 11.3 Å². The minimum Gasteiger partial charge on any atom is -0.310 e. The lowest BCUT2D eigenvalue weighted by molar-refractivity contribution is 0.525. The number of rotatable bonds is 6. The number of thiazole rings is 1. The van der Waals surface area contributed by atoms with Crippen molar-refractivity contribution in [1.29, 1.82) is 0 Å². The topological polar surface area (TPSA) is 24.9 Å². The van der Waals surface area contributed by atoms with E-state index < -0.39 is 0 Å². The highest BCUT2D eigenvalue weighted by molar-refractivity contribution is 7.09. The number of aromatic nitrogens is 1. The van der Waals surface area contributed by atoms with Gasteiger partial charge in [0, 0.05) is 17.8 Å². The second-order valence-corrected chi connectivity index (χ2v) is 6.04. The van der Waals surface area contributed by atoms with Gasteiger partial charge in [0.15, 0.2) is 0 Å². The minimum absolute atomic E-state index is 0.363. The predicted octanol–water partition coefficient (Wildman–Crippen LogP) is 4.04. The molecular formula is C16H22N2S. The first-order valence-electron chi connectivity index (χ1n) is 6.90. The number of hydrogen-bond donors (Lipinski definition) is 1. The van der Waals surface area contributed by atoms with E-state index in [0.717, 1.165) is 24.4 Å². The van der Waals surface area contributed by atoms with Crippen LogP contribution in [0.5, 0.6) is 0 Å². The highest BCUT2D eigenvalue weighted by Crippen LogP contribution is 2.20. The summed E-state index contributed by atoms with van der Waals surface area (Å²) in [6.45, 7) is 7.43. The molecule has 2 aromatic rings. The van der Waals surface area contributed by atoms with E-state index in [0.29, 0.717) is 6.04 Å². The van der Waals surface area contributed by atoms with Crippen LogP contribution in [-0.4, -0.2) is 11.5 Å². The molecule has 0 spiro atoms. The first-order valence-corrected chi connectivity index (χ1v) is 7.78. The van der Waals surface area contributed by atoms with Gasteiger partial charge in [0.1, 0.15) is 0 Å². The summed E-state index contributed by atoms with van der Waals surface area (Å²) < 4.78 is 0. The van der Waals surface area contributed by atoms with Crippen LogP contribution in [0.3, 0.4) is 0 Å². The van der Waals surface area contributed by atoms with Crippen LogP contribution < -0.4 is 5.32 Å². The molecule has 1 atom stereocenters. The van der Waals surface area contributed by atoms with Crippen LogP contribution in [0, 0.1) is 13.8 Å². The fourth-order valence-corrected chi connectivity index (χ4v) is 2.76. The molecule has 2 nitrogen and oxygen atoms in total. The van der Waals surface area contributed by atoms with Gasteiger partial charge >= 0.3 is 0 Å². The lowest BCUT2D eigenvalue weighted by atomic mass is 10.0. The molecule has 1 N–H and O–H groups in total. The van der Waals surface area contributed by atoms with Crippen molar-refractivity contribution in [3.63, 3.8) is 0 Å². The lowest BCUT2D eigenvalue weighted by Gasteiger charge is -2.18. The van der Waals surface area contributed by atoms with Gasteiger partial charge in [-0.25, -0.2) is 4.98 Å². The molecule has 0 saturated carbocycles. The third-order valence-electron chi connectivity index (χ3n) is 3.20. The summed E-state index contributed by atoms with van der Waals surface area (Å²) in [6, 6.07) is 9.18. The molecule has 2 rings (SSSR count). The number of aryl methyl sites for hydroxylation is 2. The van der Waals surface area contributed by atoms with E-state index in [2.05, 4.69) is 60.7 Å². The molecule has 0 aliphatic heterocycles. The van der Waals surface area contributed by atoms with Gasteiger partial charge in [-0.3, -0.25) is 0 Å². The monoisotopic (exact) mass is 274 g/mol. The van der Waals surface area contributed by atoms with Crippen LogP contribution in [-0.2, 0) is 6.42 Å². The standard InChI is InChI=1S/C16H22N2S/c1-4-9-17-16(10-15-11-19-13(3)18-15)14-7-5-12(2)6-8-14/h5-8,11,16-17H,4,9-10H2,1-3H3. The Kier molecular flexibility index (Phi) is 5.11. The van der Waals surface area contributed by atoms with Crippen molar-refractivity contribution in [2.45, 2.75) is 39.7 Å². The van der Waals surface area contributed by atoms with E-state index in [-0.39, 0.29) is 0 Å². The van der Waals surface area contributed by atoms with E-state index >= 15 is 0 Å². The van der Waals surface area contributed by atoms with Crippen LogP contribution in [0.4, 0.5) is 0 Å². The van der Waals surface area contributed by atoms with Crippen LogP contribution in [0.2, 0.25) is 0 Å². The van der Waals surface area contributed by atoms with Gasteiger partial charge < -0.3 is 5.32 Å². The van der Waals surface area contributed by atoms with Crippen molar-refractivity contribution < 1.29 is 0 Å². The third-order valence-corrected chi connectivity index (χ3v) is 4.02. The molecule has 1 aromatic heterocycles. The molecule has 3 heteroatoms. The Morgan fingerprint density at radius 1 is 1.21 bits per heavy atom. The number of hydrogen-bond acceptors (Lipinski definition) is 3. The molecule has 1 aromatic carbocycles. The van der Waals surface area contributed by atoms with E-state index in [9.17, 15) is 0 Å². The molecule has 0 fully saturated rings. The summed E-state index contributed by atoms with van der Waals surface area (Å²) in [7, 11) is 0. The maximum atomic E-state index is 4.58. The van der Waals surface area contributed by atoms with Gasteiger partial charge in [0.2, 0.25) is 0 Å². The van der Waals surface area contributed by atoms with Crippen molar-refractivity contribution in [1.82, 2.24) is 10.3 Å². The SMILES string of the molecule is CCCNC(Cc1csc(C)n1)c1ccc(C)cc1. The molecular weight excluding hydrogens is 252 g/mol. The van der Waals surface area contributed by atoms with Crippen LogP contribution in [0.1, 0.15) is 41.2 Å². The van der Waals surface area contributed by atoms with Crippen LogP contribution in [0.25, 0.3) is 0 Å². The predicted molar refractivity (Wildman–Crippen MR) is 82.8 cm³/mol. The molecule has 0 aliphatic carbocycles. The van der Waals surface area contributed by atoms with Crippen molar-refractivity contribution in [3.05, 3.63) is 51.5 Å². The summed E-state index contributed by atoms with van der Waals surface area (Å²) >= 11 is 1.73. The smallest absolute Gasteiger partial charge is 0.0897 e. The Labute approximate surface area is 119 Å². The lowest BCUT2D eigenvalue weighted by Crippen LogP contribution is -2.24. The second kappa shape index (κ2) is 6.83. The molecule has 1 heterocycles. The van der Waals surface area contributed by atoms with Gasteiger partial charge in [-0.05, 0) is 32.4 Å². The van der Waals surface area contributed by atoms with Crippen LogP contribution in [0.15, 0.2) is 29.6 Å².